The summed E-state index contributed by atoms with van der Waals surface area (Å²) in [5.41, 5.74) is 4.74. The fourth-order valence-corrected chi connectivity index (χ4v) is 2.19. The molecule has 1 aliphatic carbocycles. The number of allylic oxidation sites excluding steroid dienone is 4. The van der Waals surface area contributed by atoms with Crippen molar-refractivity contribution < 1.29 is 27.7 Å². The number of hydrogen-bond donors (Lipinski definition) is 0. The van der Waals surface area contributed by atoms with Gasteiger partial charge >= 0.3 is 79.2 Å². The van der Waals surface area contributed by atoms with Crippen LogP contribution < -0.4 is 9.41 Å². The van der Waals surface area contributed by atoms with Crippen molar-refractivity contribution in [2.24, 2.45) is 5.41 Å². The van der Waals surface area contributed by atoms with Crippen LogP contribution in [0.15, 0.2) is 20.9 Å². The summed E-state index contributed by atoms with van der Waals surface area (Å²) >= 11 is 2.77. The average Bonchev–Trinajstić information content (AvgIpc) is 2.06. The summed E-state index contributed by atoms with van der Waals surface area (Å²) in [7, 11) is 0. The number of hydrogen-bond acceptors (Lipinski definition) is 0. The maximum Gasteiger partial charge on any atom is -1.00 e. The van der Waals surface area contributed by atoms with Crippen LogP contribution in [-0.4, -0.2) is 0 Å². The maximum absolute atomic E-state index is 2.77. The summed E-state index contributed by atoms with van der Waals surface area (Å²) < 4.78 is 1.46. The molecule has 77 valence electrons. The van der Waals surface area contributed by atoms with E-state index in [-0.39, 0.29) is 14.8 Å². The Bertz CT molecular complexity index is 236. The summed E-state index contributed by atoms with van der Waals surface area (Å²) in [6.07, 6.45) is 0. The van der Waals surface area contributed by atoms with Gasteiger partial charge in [0.05, 0.1) is 0 Å². The molecule has 13 heavy (non-hydrogen) atoms. The minimum atomic E-state index is 0. The molecule has 0 nitrogen and oxygen atoms in total. The minimum absolute atomic E-state index is 0. The van der Waals surface area contributed by atoms with Crippen LogP contribution in [0.4, 0.5) is 0 Å². The summed E-state index contributed by atoms with van der Waals surface area (Å²) in [6, 6.07) is 0. The molecule has 0 aromatic rings. The summed E-state index contributed by atoms with van der Waals surface area (Å²) in [5.74, 6) is 0. The molecule has 0 heterocycles. The Morgan fingerprint density at radius 1 is 0.923 bits per heavy atom. The second kappa shape index (κ2) is 4.46. The molecule has 1 aliphatic rings. The van der Waals surface area contributed by atoms with Gasteiger partial charge < -0.3 is 9.41 Å². The first kappa shape index (κ1) is 15.4. The normalized spacial score (nSPS) is 19.8. The van der Waals surface area contributed by atoms with Crippen molar-refractivity contribution in [1.82, 2.24) is 0 Å². The van der Waals surface area contributed by atoms with Gasteiger partial charge in [0.15, 0.2) is 0 Å². The third-order valence-corrected chi connectivity index (χ3v) is 4.65. The van der Waals surface area contributed by atoms with Crippen molar-refractivity contribution in [2.45, 2.75) is 34.6 Å². The average molecular weight is 274 g/mol. The monoisotopic (exact) mass is 275 g/mol. The molecule has 0 aromatic heterocycles. The third-order valence-electron chi connectivity index (χ3n) is 2.92. The Morgan fingerprint density at radius 3 is 1.38 bits per heavy atom. The van der Waals surface area contributed by atoms with E-state index < -0.39 is 0 Å². The summed E-state index contributed by atoms with van der Waals surface area (Å²) in [6.45, 7) is 11.2. The second-order valence-electron chi connectivity index (χ2n) is 3.80. The molecule has 0 unspecified atom stereocenters. The first-order chi connectivity index (χ1) is 4.89. The van der Waals surface area contributed by atoms with E-state index in [2.05, 4.69) is 52.9 Å². The van der Waals surface area contributed by atoms with Gasteiger partial charge in [0.1, 0.15) is 0 Å². The van der Waals surface area contributed by atoms with E-state index in [1.54, 1.807) is 0 Å². The summed E-state index contributed by atoms with van der Waals surface area (Å²) in [4.78, 5) is 0. The van der Waals surface area contributed by atoms with Gasteiger partial charge in [-0.3, -0.25) is 0 Å². The van der Waals surface area contributed by atoms with Crippen LogP contribution in [0.1, 0.15) is 34.6 Å². The van der Waals surface area contributed by atoms with E-state index >= 15 is 0 Å². The van der Waals surface area contributed by atoms with E-state index in [1.165, 1.54) is 20.9 Å². The van der Waals surface area contributed by atoms with Crippen LogP contribution in [0.3, 0.4) is 0 Å². The van der Waals surface area contributed by atoms with Crippen LogP contribution in [0.5, 0.6) is 0 Å². The molecule has 3 heteroatoms. The molecule has 0 aliphatic heterocycles. The van der Waals surface area contributed by atoms with Crippen molar-refractivity contribution in [2.75, 3.05) is 0 Å². The van der Waals surface area contributed by atoms with Crippen molar-refractivity contribution in [3.8, 4) is 0 Å². The van der Waals surface area contributed by atoms with E-state index in [9.17, 15) is 0 Å². The van der Waals surface area contributed by atoms with E-state index in [1.807, 2.05) is 0 Å². The first-order valence-electron chi connectivity index (χ1n) is 3.93. The SMILES string of the molecule is CC1=C(C)C(C)(C)[C]([Ru+2])=C1C.[F-].[F-]. The number of halogens is 2. The molecule has 0 saturated heterocycles. The van der Waals surface area contributed by atoms with Gasteiger partial charge in [-0.1, -0.05) is 0 Å². The van der Waals surface area contributed by atoms with Crippen LogP contribution >= 0.6 is 0 Å². The molecule has 0 bridgehead atoms. The van der Waals surface area contributed by atoms with E-state index in [4.69, 9.17) is 0 Å². The molecule has 0 fully saturated rings. The van der Waals surface area contributed by atoms with E-state index in [0.29, 0.717) is 0 Å². The molecule has 0 saturated carbocycles. The maximum atomic E-state index is 2.77. The van der Waals surface area contributed by atoms with Crippen molar-refractivity contribution in [3.05, 3.63) is 20.9 Å². The smallest absolute Gasteiger partial charge is 1.00 e. The van der Waals surface area contributed by atoms with Gasteiger partial charge in [0.2, 0.25) is 0 Å². The molecular weight excluding hydrogens is 259 g/mol. The minimum Gasteiger partial charge on any atom is -1.00 e. The predicted octanol–water partition coefficient (Wildman–Crippen LogP) is -2.81. The van der Waals surface area contributed by atoms with Gasteiger partial charge in [-0.05, 0) is 0 Å². The molecule has 0 amide bonds. The predicted molar refractivity (Wildman–Crippen MR) is 44.9 cm³/mol. The van der Waals surface area contributed by atoms with Crippen LogP contribution in [0.25, 0.3) is 0 Å². The summed E-state index contributed by atoms with van der Waals surface area (Å²) in [5, 5.41) is 0. The van der Waals surface area contributed by atoms with Crippen molar-refractivity contribution in [3.63, 3.8) is 0 Å². The Hall–Kier alpha value is -0.0366. The van der Waals surface area contributed by atoms with E-state index in [0.717, 1.165) is 0 Å². The molecule has 0 spiro atoms. The van der Waals surface area contributed by atoms with Crippen LogP contribution in [0, 0.1) is 5.41 Å². The molecule has 1 rings (SSSR count). The zero-order valence-electron chi connectivity index (χ0n) is 8.61. The Kier molecular flexibility index (Phi) is 5.29. The van der Waals surface area contributed by atoms with Gasteiger partial charge in [-0.25, -0.2) is 0 Å². The molecule has 0 radical (unpaired) electrons. The molecule has 0 aromatic carbocycles. The van der Waals surface area contributed by atoms with Gasteiger partial charge in [0, 0.05) is 0 Å². The topological polar surface area (TPSA) is 0 Å². The number of rotatable bonds is 0. The van der Waals surface area contributed by atoms with Gasteiger partial charge in [-0.2, -0.15) is 0 Å². The molecule has 0 N–H and O–H groups in total. The Morgan fingerprint density at radius 2 is 1.31 bits per heavy atom. The van der Waals surface area contributed by atoms with Crippen molar-refractivity contribution >= 4 is 0 Å². The standard InChI is InChI=1S/C10H15.2FH.Ru/c1-7-6-10(4,5)9(3)8(7)2;;;/h1-5H3;2*1H;/q;;;+2/p-2. The second-order valence-corrected chi connectivity index (χ2v) is 4.67. The van der Waals surface area contributed by atoms with Crippen LogP contribution in [-0.2, 0) is 18.3 Å². The van der Waals surface area contributed by atoms with Crippen LogP contribution in [0.2, 0.25) is 0 Å². The molecular formula is C10H15F2Ru. The van der Waals surface area contributed by atoms with Crippen molar-refractivity contribution in [1.29, 1.82) is 0 Å². The fraction of sp³-hybridized carbons (Fsp3) is 0.600. The zero-order chi connectivity index (χ0) is 8.81. The largest absolute Gasteiger partial charge is 1.00 e. The Labute approximate surface area is 88.9 Å². The zero-order valence-corrected chi connectivity index (χ0v) is 10.3. The van der Waals surface area contributed by atoms with Gasteiger partial charge in [0.25, 0.3) is 0 Å². The van der Waals surface area contributed by atoms with Gasteiger partial charge in [-0.15, -0.1) is 0 Å². The quantitative estimate of drug-likeness (QED) is 0.418. The fourth-order valence-electron chi connectivity index (χ4n) is 1.54. The molecule has 0 atom stereocenters. The Balaban J connectivity index is 0. The first-order valence-corrected chi connectivity index (χ1v) is 4.80. The third kappa shape index (κ3) is 2.07.